The summed E-state index contributed by atoms with van der Waals surface area (Å²) in [6.07, 6.45) is 6.65. The van der Waals surface area contributed by atoms with Gasteiger partial charge in [-0.25, -0.2) is 0 Å². The van der Waals surface area contributed by atoms with Crippen LogP contribution in [0.3, 0.4) is 0 Å². The SMILES string of the molecule is Cc1ccccc1NC(=O)CNC(C)C1CCCCC1. The highest BCUT2D eigenvalue weighted by Gasteiger charge is 2.20. The molecule has 1 fully saturated rings. The van der Waals surface area contributed by atoms with E-state index in [1.54, 1.807) is 0 Å². The van der Waals surface area contributed by atoms with Gasteiger partial charge in [0, 0.05) is 11.7 Å². The number of hydrogen-bond donors (Lipinski definition) is 2. The van der Waals surface area contributed by atoms with Gasteiger partial charge in [0.05, 0.1) is 6.54 Å². The molecule has 1 unspecified atom stereocenters. The predicted octanol–water partition coefficient (Wildman–Crippen LogP) is 3.49. The Hall–Kier alpha value is -1.35. The first-order valence-corrected chi connectivity index (χ1v) is 7.75. The highest BCUT2D eigenvalue weighted by Crippen LogP contribution is 2.26. The van der Waals surface area contributed by atoms with Crippen LogP contribution in [-0.2, 0) is 4.79 Å². The van der Waals surface area contributed by atoms with Crippen LogP contribution in [0.1, 0.15) is 44.6 Å². The van der Waals surface area contributed by atoms with Gasteiger partial charge in [0.15, 0.2) is 0 Å². The van der Waals surface area contributed by atoms with Crippen molar-refractivity contribution in [2.24, 2.45) is 5.92 Å². The van der Waals surface area contributed by atoms with Crippen LogP contribution in [-0.4, -0.2) is 18.5 Å². The zero-order valence-corrected chi connectivity index (χ0v) is 12.6. The predicted molar refractivity (Wildman–Crippen MR) is 83.8 cm³/mol. The fourth-order valence-corrected chi connectivity index (χ4v) is 2.96. The third-order valence-corrected chi connectivity index (χ3v) is 4.36. The third-order valence-electron chi connectivity index (χ3n) is 4.36. The van der Waals surface area contributed by atoms with Gasteiger partial charge in [0.25, 0.3) is 0 Å². The Morgan fingerprint density at radius 1 is 1.25 bits per heavy atom. The second-order valence-electron chi connectivity index (χ2n) is 5.93. The van der Waals surface area contributed by atoms with Gasteiger partial charge >= 0.3 is 0 Å². The molecule has 3 nitrogen and oxygen atoms in total. The van der Waals surface area contributed by atoms with Gasteiger partial charge in [-0.1, -0.05) is 37.5 Å². The second kappa shape index (κ2) is 7.44. The minimum absolute atomic E-state index is 0.0435. The molecule has 0 aromatic heterocycles. The van der Waals surface area contributed by atoms with Gasteiger partial charge in [0.1, 0.15) is 0 Å². The first kappa shape index (κ1) is 15.0. The molecular weight excluding hydrogens is 248 g/mol. The first-order valence-electron chi connectivity index (χ1n) is 7.75. The Balaban J connectivity index is 1.76. The van der Waals surface area contributed by atoms with E-state index in [1.807, 2.05) is 31.2 Å². The summed E-state index contributed by atoms with van der Waals surface area (Å²) in [6, 6.07) is 8.30. The summed E-state index contributed by atoms with van der Waals surface area (Å²) in [6.45, 7) is 4.61. The normalized spacial score (nSPS) is 17.7. The van der Waals surface area contributed by atoms with Gasteiger partial charge in [-0.2, -0.15) is 0 Å². The molecule has 1 aromatic carbocycles. The zero-order chi connectivity index (χ0) is 14.4. The van der Waals surface area contributed by atoms with Crippen molar-refractivity contribution in [3.05, 3.63) is 29.8 Å². The van der Waals surface area contributed by atoms with Crippen molar-refractivity contribution < 1.29 is 4.79 Å². The number of hydrogen-bond acceptors (Lipinski definition) is 2. The van der Waals surface area contributed by atoms with Crippen molar-refractivity contribution >= 4 is 11.6 Å². The van der Waals surface area contributed by atoms with E-state index in [9.17, 15) is 4.79 Å². The molecule has 0 saturated heterocycles. The number of rotatable bonds is 5. The number of aryl methyl sites for hydroxylation is 1. The summed E-state index contributed by atoms with van der Waals surface area (Å²) in [5.41, 5.74) is 2.01. The second-order valence-corrected chi connectivity index (χ2v) is 5.93. The summed E-state index contributed by atoms with van der Waals surface area (Å²) in [4.78, 5) is 12.0. The largest absolute Gasteiger partial charge is 0.325 e. The number of carbonyl (C=O) groups is 1. The van der Waals surface area contributed by atoms with E-state index in [4.69, 9.17) is 0 Å². The maximum absolute atomic E-state index is 12.0. The molecule has 1 amide bonds. The van der Waals surface area contributed by atoms with Gasteiger partial charge in [-0.15, -0.1) is 0 Å². The van der Waals surface area contributed by atoms with E-state index >= 15 is 0 Å². The summed E-state index contributed by atoms with van der Waals surface area (Å²) in [7, 11) is 0. The van der Waals surface area contributed by atoms with Crippen LogP contribution in [0.4, 0.5) is 5.69 Å². The fourth-order valence-electron chi connectivity index (χ4n) is 2.96. The van der Waals surface area contributed by atoms with E-state index in [2.05, 4.69) is 17.6 Å². The van der Waals surface area contributed by atoms with Crippen molar-refractivity contribution in [1.29, 1.82) is 0 Å². The highest BCUT2D eigenvalue weighted by atomic mass is 16.1. The highest BCUT2D eigenvalue weighted by molar-refractivity contribution is 5.92. The summed E-state index contributed by atoms with van der Waals surface area (Å²) >= 11 is 0. The minimum atomic E-state index is 0.0435. The van der Waals surface area contributed by atoms with Gasteiger partial charge in [0.2, 0.25) is 5.91 Å². The smallest absolute Gasteiger partial charge is 0.238 e. The molecule has 0 bridgehead atoms. The lowest BCUT2D eigenvalue weighted by molar-refractivity contribution is -0.115. The van der Waals surface area contributed by atoms with Crippen LogP contribution in [0.25, 0.3) is 0 Å². The monoisotopic (exact) mass is 274 g/mol. The Labute approximate surface area is 122 Å². The van der Waals surface area contributed by atoms with E-state index < -0.39 is 0 Å². The number of anilines is 1. The Kier molecular flexibility index (Phi) is 5.60. The standard InChI is InChI=1S/C17H26N2O/c1-13-8-6-7-11-16(13)19-17(20)12-18-14(2)15-9-4-3-5-10-15/h6-8,11,14-15,18H,3-5,9-10,12H2,1-2H3,(H,19,20). The van der Waals surface area contributed by atoms with Crippen LogP contribution in [0.5, 0.6) is 0 Å². The number of benzene rings is 1. The average Bonchev–Trinajstić information content (AvgIpc) is 2.48. The van der Waals surface area contributed by atoms with Crippen molar-refractivity contribution in [2.75, 3.05) is 11.9 Å². The van der Waals surface area contributed by atoms with E-state index in [0.717, 1.165) is 17.2 Å². The molecule has 110 valence electrons. The van der Waals surface area contributed by atoms with E-state index in [0.29, 0.717) is 12.6 Å². The van der Waals surface area contributed by atoms with Gasteiger partial charge in [-0.3, -0.25) is 4.79 Å². The maximum Gasteiger partial charge on any atom is 0.238 e. The molecule has 0 aliphatic heterocycles. The van der Waals surface area contributed by atoms with Crippen molar-refractivity contribution in [2.45, 2.75) is 52.0 Å². The third kappa shape index (κ3) is 4.34. The molecule has 3 heteroatoms. The van der Waals surface area contributed by atoms with Gasteiger partial charge in [-0.05, 0) is 44.2 Å². The van der Waals surface area contributed by atoms with Crippen molar-refractivity contribution in [1.82, 2.24) is 5.32 Å². The molecule has 1 saturated carbocycles. The van der Waals surface area contributed by atoms with E-state index in [1.165, 1.54) is 32.1 Å². The summed E-state index contributed by atoms with van der Waals surface area (Å²) in [5, 5.41) is 6.35. The van der Waals surface area contributed by atoms with Crippen LogP contribution >= 0.6 is 0 Å². The molecule has 1 atom stereocenters. The molecule has 2 rings (SSSR count). The summed E-state index contributed by atoms with van der Waals surface area (Å²) < 4.78 is 0. The lowest BCUT2D eigenvalue weighted by Crippen LogP contribution is -2.39. The molecule has 1 aliphatic rings. The molecule has 1 aliphatic carbocycles. The molecule has 0 radical (unpaired) electrons. The number of amides is 1. The van der Waals surface area contributed by atoms with E-state index in [-0.39, 0.29) is 5.91 Å². The van der Waals surface area contributed by atoms with Crippen LogP contribution in [0.2, 0.25) is 0 Å². The summed E-state index contributed by atoms with van der Waals surface area (Å²) in [5.74, 6) is 0.775. The number of para-hydroxylation sites is 1. The molecule has 0 spiro atoms. The lowest BCUT2D eigenvalue weighted by Gasteiger charge is -2.28. The maximum atomic E-state index is 12.0. The topological polar surface area (TPSA) is 41.1 Å². The minimum Gasteiger partial charge on any atom is -0.325 e. The molecule has 20 heavy (non-hydrogen) atoms. The molecule has 0 heterocycles. The molecular formula is C17H26N2O. The Morgan fingerprint density at radius 2 is 1.95 bits per heavy atom. The average molecular weight is 274 g/mol. The molecule has 1 aromatic rings. The van der Waals surface area contributed by atoms with Gasteiger partial charge < -0.3 is 10.6 Å². The first-order chi connectivity index (χ1) is 9.66. The molecule has 2 N–H and O–H groups in total. The van der Waals surface area contributed by atoms with Crippen LogP contribution < -0.4 is 10.6 Å². The Bertz CT molecular complexity index is 438. The van der Waals surface area contributed by atoms with Crippen LogP contribution in [0, 0.1) is 12.8 Å². The van der Waals surface area contributed by atoms with Crippen molar-refractivity contribution in [3.8, 4) is 0 Å². The van der Waals surface area contributed by atoms with Crippen molar-refractivity contribution in [3.63, 3.8) is 0 Å². The zero-order valence-electron chi connectivity index (χ0n) is 12.6. The quantitative estimate of drug-likeness (QED) is 0.863. The lowest BCUT2D eigenvalue weighted by atomic mass is 9.84. The van der Waals surface area contributed by atoms with Crippen LogP contribution in [0.15, 0.2) is 24.3 Å². The fraction of sp³-hybridized carbons (Fsp3) is 0.588. The Morgan fingerprint density at radius 3 is 2.65 bits per heavy atom. The number of nitrogens with one attached hydrogen (secondary N) is 2. The number of carbonyl (C=O) groups excluding carboxylic acids is 1.